The number of hydrogen-bond acceptors (Lipinski definition) is 4. The van der Waals surface area contributed by atoms with Crippen molar-refractivity contribution in [2.75, 3.05) is 13.1 Å². The van der Waals surface area contributed by atoms with Crippen LogP contribution in [0, 0.1) is 6.92 Å². The number of nitrogens with zero attached hydrogens (tertiary/aromatic N) is 4. The number of aryl methyl sites for hydroxylation is 2. The summed E-state index contributed by atoms with van der Waals surface area (Å²) in [6.07, 6.45) is 5.32. The molecule has 2 N–H and O–H groups in total. The van der Waals surface area contributed by atoms with E-state index in [1.807, 2.05) is 24.5 Å². The Morgan fingerprint density at radius 1 is 1.22 bits per heavy atom. The van der Waals surface area contributed by atoms with E-state index < -0.39 is 6.61 Å². The van der Waals surface area contributed by atoms with Crippen LogP contribution in [-0.2, 0) is 13.1 Å². The number of ether oxygens (including phenoxy) is 1. The summed E-state index contributed by atoms with van der Waals surface area (Å²) in [5, 5.41) is 14.0. The Labute approximate surface area is 157 Å². The molecule has 148 valence electrons. The molecule has 0 aliphatic heterocycles. The second-order valence-corrected chi connectivity index (χ2v) is 6.02. The van der Waals surface area contributed by atoms with E-state index in [9.17, 15) is 8.78 Å². The normalized spacial score (nSPS) is 11.7. The first-order valence-corrected chi connectivity index (χ1v) is 8.97. The molecule has 0 amide bonds. The van der Waals surface area contributed by atoms with Crippen LogP contribution < -0.4 is 15.4 Å². The van der Waals surface area contributed by atoms with Gasteiger partial charge in [0.15, 0.2) is 5.96 Å². The molecule has 0 spiro atoms. The second kappa shape index (κ2) is 11.1. The SMILES string of the molecule is CCNC(=NCc1cc(C)ccc1OC(F)F)NCCCCn1cnnc1. The third-order valence-electron chi connectivity index (χ3n) is 3.79. The summed E-state index contributed by atoms with van der Waals surface area (Å²) in [7, 11) is 0. The quantitative estimate of drug-likeness (QED) is 0.377. The van der Waals surface area contributed by atoms with Gasteiger partial charge in [0.05, 0.1) is 6.54 Å². The number of alkyl halides is 2. The maximum Gasteiger partial charge on any atom is 0.387 e. The lowest BCUT2D eigenvalue weighted by atomic mass is 10.1. The van der Waals surface area contributed by atoms with Crippen LogP contribution in [0.3, 0.4) is 0 Å². The minimum absolute atomic E-state index is 0.157. The molecule has 1 heterocycles. The molecule has 0 aliphatic carbocycles. The van der Waals surface area contributed by atoms with E-state index in [4.69, 9.17) is 0 Å². The first-order valence-electron chi connectivity index (χ1n) is 8.97. The van der Waals surface area contributed by atoms with Crippen LogP contribution in [-0.4, -0.2) is 40.4 Å². The molecule has 0 aliphatic rings. The fraction of sp³-hybridized carbons (Fsp3) is 0.500. The highest BCUT2D eigenvalue weighted by molar-refractivity contribution is 5.79. The number of hydrogen-bond donors (Lipinski definition) is 2. The third kappa shape index (κ3) is 7.59. The zero-order valence-electron chi connectivity index (χ0n) is 15.7. The smallest absolute Gasteiger partial charge is 0.387 e. The molecule has 0 fully saturated rings. The van der Waals surface area contributed by atoms with E-state index >= 15 is 0 Å². The molecular weight excluding hydrogens is 354 g/mol. The molecule has 2 aromatic rings. The van der Waals surface area contributed by atoms with Gasteiger partial charge >= 0.3 is 6.61 Å². The van der Waals surface area contributed by atoms with Gasteiger partial charge in [-0.05, 0) is 32.8 Å². The van der Waals surface area contributed by atoms with Crippen molar-refractivity contribution in [3.05, 3.63) is 42.0 Å². The fourth-order valence-electron chi connectivity index (χ4n) is 2.51. The number of unbranched alkanes of at least 4 members (excludes halogenated alkanes) is 1. The van der Waals surface area contributed by atoms with Gasteiger partial charge in [0, 0.05) is 25.2 Å². The predicted molar refractivity (Wildman–Crippen MR) is 99.9 cm³/mol. The maximum absolute atomic E-state index is 12.6. The van der Waals surface area contributed by atoms with Gasteiger partial charge in [-0.15, -0.1) is 10.2 Å². The first-order chi connectivity index (χ1) is 13.1. The molecule has 0 unspecified atom stereocenters. The number of nitrogens with one attached hydrogen (secondary N) is 2. The number of aromatic nitrogens is 3. The summed E-state index contributed by atoms with van der Waals surface area (Å²) in [5.74, 6) is 0.801. The fourth-order valence-corrected chi connectivity index (χ4v) is 2.51. The average Bonchev–Trinajstić information content (AvgIpc) is 3.14. The highest BCUT2D eigenvalue weighted by atomic mass is 19.3. The van der Waals surface area contributed by atoms with Gasteiger partial charge in [-0.1, -0.05) is 17.7 Å². The highest BCUT2D eigenvalue weighted by Gasteiger charge is 2.10. The van der Waals surface area contributed by atoms with Crippen molar-refractivity contribution in [1.29, 1.82) is 0 Å². The van der Waals surface area contributed by atoms with Crippen LogP contribution in [0.4, 0.5) is 8.78 Å². The zero-order chi connectivity index (χ0) is 19.5. The minimum Gasteiger partial charge on any atom is -0.434 e. The van der Waals surface area contributed by atoms with Gasteiger partial charge in [0.1, 0.15) is 18.4 Å². The van der Waals surface area contributed by atoms with Crippen molar-refractivity contribution in [1.82, 2.24) is 25.4 Å². The molecule has 1 aromatic carbocycles. The summed E-state index contributed by atoms with van der Waals surface area (Å²) >= 11 is 0. The number of aliphatic imine (C=N–C) groups is 1. The number of halogens is 2. The Kier molecular flexibility index (Phi) is 8.47. The van der Waals surface area contributed by atoms with Gasteiger partial charge in [0.2, 0.25) is 0 Å². The van der Waals surface area contributed by atoms with Crippen molar-refractivity contribution in [3.8, 4) is 5.75 Å². The molecule has 0 radical (unpaired) electrons. The Balaban J connectivity index is 1.87. The Morgan fingerprint density at radius 2 is 2.00 bits per heavy atom. The standard InChI is InChI=1S/C18H26F2N6O/c1-3-21-18(22-8-4-5-9-26-12-24-25-13-26)23-11-15-10-14(2)6-7-16(15)27-17(19)20/h6-7,10,12-13,17H,3-5,8-9,11H2,1-2H3,(H2,21,22,23). The first kappa shape index (κ1) is 20.6. The summed E-state index contributed by atoms with van der Waals surface area (Å²) in [6.45, 7) is 3.59. The lowest BCUT2D eigenvalue weighted by Crippen LogP contribution is -2.37. The molecule has 0 atom stereocenters. The molecule has 0 bridgehead atoms. The molecule has 27 heavy (non-hydrogen) atoms. The topological polar surface area (TPSA) is 76.4 Å². The highest BCUT2D eigenvalue weighted by Crippen LogP contribution is 2.22. The lowest BCUT2D eigenvalue weighted by Gasteiger charge is -2.13. The van der Waals surface area contributed by atoms with E-state index in [1.165, 1.54) is 0 Å². The largest absolute Gasteiger partial charge is 0.434 e. The summed E-state index contributed by atoms with van der Waals surface area (Å²) in [5.41, 5.74) is 1.59. The monoisotopic (exact) mass is 380 g/mol. The number of benzene rings is 1. The van der Waals surface area contributed by atoms with E-state index in [2.05, 4.69) is 30.6 Å². The third-order valence-corrected chi connectivity index (χ3v) is 3.79. The van der Waals surface area contributed by atoms with Crippen LogP contribution >= 0.6 is 0 Å². The summed E-state index contributed by atoms with van der Waals surface area (Å²) in [6, 6.07) is 5.10. The van der Waals surface area contributed by atoms with Crippen LogP contribution in [0.2, 0.25) is 0 Å². The lowest BCUT2D eigenvalue weighted by molar-refractivity contribution is -0.0504. The summed E-state index contributed by atoms with van der Waals surface area (Å²) in [4.78, 5) is 4.48. The Hall–Kier alpha value is -2.71. The van der Waals surface area contributed by atoms with Gasteiger partial charge in [-0.25, -0.2) is 4.99 Å². The minimum atomic E-state index is -2.85. The molecule has 7 nitrogen and oxygen atoms in total. The molecule has 9 heteroatoms. The summed E-state index contributed by atoms with van der Waals surface area (Å²) < 4.78 is 31.7. The van der Waals surface area contributed by atoms with Gasteiger partial charge in [-0.3, -0.25) is 0 Å². The number of rotatable bonds is 10. The average molecular weight is 380 g/mol. The Morgan fingerprint density at radius 3 is 2.70 bits per heavy atom. The molecule has 2 rings (SSSR count). The predicted octanol–water partition coefficient (Wildman–Crippen LogP) is 2.72. The van der Waals surface area contributed by atoms with Gasteiger partial charge in [0.25, 0.3) is 0 Å². The zero-order valence-corrected chi connectivity index (χ0v) is 15.7. The van der Waals surface area contributed by atoms with Crippen molar-refractivity contribution in [3.63, 3.8) is 0 Å². The number of guanidine groups is 1. The van der Waals surface area contributed by atoms with Crippen molar-refractivity contribution >= 4 is 5.96 Å². The molecule has 1 aromatic heterocycles. The van der Waals surface area contributed by atoms with E-state index in [0.717, 1.165) is 31.5 Å². The van der Waals surface area contributed by atoms with Crippen molar-refractivity contribution in [2.24, 2.45) is 4.99 Å². The second-order valence-electron chi connectivity index (χ2n) is 6.02. The molecular formula is C18H26F2N6O. The van der Waals surface area contributed by atoms with E-state index in [0.29, 0.717) is 18.1 Å². The van der Waals surface area contributed by atoms with Crippen molar-refractivity contribution < 1.29 is 13.5 Å². The van der Waals surface area contributed by atoms with Crippen LogP contribution in [0.15, 0.2) is 35.8 Å². The maximum atomic E-state index is 12.6. The van der Waals surface area contributed by atoms with Gasteiger partial charge < -0.3 is 19.9 Å². The van der Waals surface area contributed by atoms with Crippen molar-refractivity contribution in [2.45, 2.75) is 46.4 Å². The Bertz CT molecular complexity index is 706. The van der Waals surface area contributed by atoms with Crippen LogP contribution in [0.5, 0.6) is 5.75 Å². The van der Waals surface area contributed by atoms with E-state index in [1.54, 1.807) is 24.8 Å². The van der Waals surface area contributed by atoms with Crippen LogP contribution in [0.1, 0.15) is 30.9 Å². The molecule has 0 saturated carbocycles. The van der Waals surface area contributed by atoms with Gasteiger partial charge in [-0.2, -0.15) is 8.78 Å². The van der Waals surface area contributed by atoms with E-state index in [-0.39, 0.29) is 12.3 Å². The molecule has 0 saturated heterocycles. The van der Waals surface area contributed by atoms with Crippen LogP contribution in [0.25, 0.3) is 0 Å².